The molecule has 0 aromatic carbocycles. The van der Waals surface area contributed by atoms with Gasteiger partial charge in [-0.1, -0.05) is 13.3 Å². The number of nitrogens with zero attached hydrogens (tertiary/aromatic N) is 2. The Morgan fingerprint density at radius 2 is 2.20 bits per heavy atom. The van der Waals surface area contributed by atoms with Crippen LogP contribution < -0.4 is 0 Å². The fraction of sp³-hybridized carbons (Fsp3) is 0.800. The van der Waals surface area contributed by atoms with Crippen molar-refractivity contribution in [2.45, 2.75) is 19.8 Å². The van der Waals surface area contributed by atoms with Crippen molar-refractivity contribution in [1.82, 2.24) is 9.80 Å². The van der Waals surface area contributed by atoms with Crippen LogP contribution in [0.5, 0.6) is 0 Å². The molecule has 1 fully saturated rings. The number of amides is 2. The predicted molar refractivity (Wildman–Crippen MR) is 55.6 cm³/mol. The molecule has 15 heavy (non-hydrogen) atoms. The molecule has 2 amide bonds. The molecule has 1 saturated heterocycles. The molecule has 1 rings (SSSR count). The Morgan fingerprint density at radius 3 is 2.67 bits per heavy atom. The Hall–Kier alpha value is -1.26. The average Bonchev–Trinajstić information content (AvgIpc) is 2.63. The van der Waals surface area contributed by atoms with Crippen LogP contribution in [0.1, 0.15) is 19.8 Å². The minimum absolute atomic E-state index is 0.173. The topological polar surface area (TPSA) is 60.9 Å². The lowest BCUT2D eigenvalue weighted by atomic mass is 10.1. The third kappa shape index (κ3) is 3.11. The Kier molecular flexibility index (Phi) is 3.94. The van der Waals surface area contributed by atoms with E-state index < -0.39 is 5.97 Å². The molecule has 0 aromatic heterocycles. The number of carboxylic acid groups (broad SMARTS) is 1. The fourth-order valence-electron chi connectivity index (χ4n) is 1.85. The molecule has 0 saturated carbocycles. The average molecular weight is 214 g/mol. The van der Waals surface area contributed by atoms with Gasteiger partial charge in [0.1, 0.15) is 6.54 Å². The van der Waals surface area contributed by atoms with Gasteiger partial charge in [-0.15, -0.1) is 0 Å². The van der Waals surface area contributed by atoms with E-state index in [4.69, 9.17) is 5.11 Å². The van der Waals surface area contributed by atoms with Crippen LogP contribution in [0.25, 0.3) is 0 Å². The van der Waals surface area contributed by atoms with Crippen molar-refractivity contribution in [2.75, 3.05) is 26.7 Å². The first kappa shape index (κ1) is 11.8. The lowest BCUT2D eigenvalue weighted by Crippen LogP contribution is -2.42. The molecule has 5 heteroatoms. The number of likely N-dealkylation sites (tertiary alicyclic amines) is 1. The highest BCUT2D eigenvalue weighted by Crippen LogP contribution is 2.19. The first-order valence-electron chi connectivity index (χ1n) is 5.26. The van der Waals surface area contributed by atoms with Gasteiger partial charge in [0.2, 0.25) is 0 Å². The smallest absolute Gasteiger partial charge is 0.323 e. The molecule has 86 valence electrons. The van der Waals surface area contributed by atoms with Crippen LogP contribution >= 0.6 is 0 Å². The molecule has 5 nitrogen and oxygen atoms in total. The van der Waals surface area contributed by atoms with Crippen molar-refractivity contribution in [3.05, 3.63) is 0 Å². The van der Waals surface area contributed by atoms with Gasteiger partial charge >= 0.3 is 12.0 Å². The van der Waals surface area contributed by atoms with Gasteiger partial charge < -0.3 is 14.9 Å². The molecule has 1 N–H and O–H groups in total. The first-order valence-corrected chi connectivity index (χ1v) is 5.26. The lowest BCUT2D eigenvalue weighted by Gasteiger charge is -2.23. The normalized spacial score (nSPS) is 20.4. The number of rotatable bonds is 3. The standard InChI is InChI=1S/C10H18N2O3/c1-3-8-4-5-12(6-8)10(15)11(2)7-9(13)14/h8H,3-7H2,1-2H3,(H,13,14). The number of hydrogen-bond donors (Lipinski definition) is 1. The second-order valence-electron chi connectivity index (χ2n) is 4.04. The monoisotopic (exact) mass is 214 g/mol. The van der Waals surface area contributed by atoms with Crippen molar-refractivity contribution in [3.63, 3.8) is 0 Å². The summed E-state index contributed by atoms with van der Waals surface area (Å²) in [6.45, 7) is 3.40. The summed E-state index contributed by atoms with van der Waals surface area (Å²) in [7, 11) is 1.52. The minimum Gasteiger partial charge on any atom is -0.480 e. The molecular formula is C10H18N2O3. The van der Waals surface area contributed by atoms with E-state index >= 15 is 0 Å². The molecule has 1 heterocycles. The SMILES string of the molecule is CCC1CCN(C(=O)N(C)CC(=O)O)C1. The van der Waals surface area contributed by atoms with Crippen LogP contribution in [-0.4, -0.2) is 53.6 Å². The van der Waals surface area contributed by atoms with E-state index in [9.17, 15) is 9.59 Å². The molecule has 1 aliphatic heterocycles. The zero-order valence-corrected chi connectivity index (χ0v) is 9.27. The van der Waals surface area contributed by atoms with Gasteiger partial charge in [0.05, 0.1) is 0 Å². The number of carbonyl (C=O) groups is 2. The van der Waals surface area contributed by atoms with Gasteiger partial charge in [-0.25, -0.2) is 4.79 Å². The molecule has 0 radical (unpaired) electrons. The van der Waals surface area contributed by atoms with E-state index in [1.165, 1.54) is 11.9 Å². The second kappa shape index (κ2) is 5.00. The summed E-state index contributed by atoms with van der Waals surface area (Å²) in [4.78, 5) is 25.2. The van der Waals surface area contributed by atoms with E-state index in [1.54, 1.807) is 4.90 Å². The van der Waals surface area contributed by atoms with Gasteiger partial charge in [0.25, 0.3) is 0 Å². The number of urea groups is 1. The Morgan fingerprint density at radius 1 is 1.53 bits per heavy atom. The molecule has 1 aliphatic rings. The summed E-state index contributed by atoms with van der Waals surface area (Å²) in [6, 6.07) is -0.173. The maximum atomic E-state index is 11.7. The van der Waals surface area contributed by atoms with Gasteiger partial charge in [-0.05, 0) is 12.3 Å². The maximum absolute atomic E-state index is 11.7. The summed E-state index contributed by atoms with van der Waals surface area (Å²) in [6.07, 6.45) is 2.11. The molecule has 1 unspecified atom stereocenters. The van der Waals surface area contributed by atoms with E-state index in [0.717, 1.165) is 25.9 Å². The van der Waals surface area contributed by atoms with Crippen molar-refractivity contribution in [2.24, 2.45) is 5.92 Å². The molecule has 0 aromatic rings. The van der Waals surface area contributed by atoms with Crippen LogP contribution in [0.15, 0.2) is 0 Å². The summed E-state index contributed by atoms with van der Waals surface area (Å²) in [5, 5.41) is 8.56. The Bertz CT molecular complexity index is 255. The zero-order chi connectivity index (χ0) is 11.4. The number of carbonyl (C=O) groups excluding carboxylic acids is 1. The van der Waals surface area contributed by atoms with E-state index in [2.05, 4.69) is 6.92 Å². The number of carboxylic acids is 1. The highest BCUT2D eigenvalue weighted by atomic mass is 16.4. The van der Waals surface area contributed by atoms with Crippen LogP contribution in [0.2, 0.25) is 0 Å². The van der Waals surface area contributed by atoms with Crippen molar-refractivity contribution < 1.29 is 14.7 Å². The van der Waals surface area contributed by atoms with Gasteiger partial charge in [-0.2, -0.15) is 0 Å². The van der Waals surface area contributed by atoms with Crippen molar-refractivity contribution in [3.8, 4) is 0 Å². The summed E-state index contributed by atoms with van der Waals surface area (Å²) in [5.74, 6) is -0.399. The van der Waals surface area contributed by atoms with Gasteiger partial charge in [0.15, 0.2) is 0 Å². The van der Waals surface area contributed by atoms with Gasteiger partial charge in [-0.3, -0.25) is 4.79 Å². The summed E-state index contributed by atoms with van der Waals surface area (Å²) in [5.41, 5.74) is 0. The van der Waals surface area contributed by atoms with Crippen LogP contribution in [0.3, 0.4) is 0 Å². The lowest BCUT2D eigenvalue weighted by molar-refractivity contribution is -0.137. The predicted octanol–water partition coefficient (Wildman–Crippen LogP) is 0.855. The Labute approximate surface area is 89.7 Å². The molecule has 1 atom stereocenters. The van der Waals surface area contributed by atoms with Crippen molar-refractivity contribution >= 4 is 12.0 Å². The molecular weight excluding hydrogens is 196 g/mol. The fourth-order valence-corrected chi connectivity index (χ4v) is 1.85. The second-order valence-corrected chi connectivity index (χ2v) is 4.04. The minimum atomic E-state index is -0.975. The highest BCUT2D eigenvalue weighted by molar-refractivity contribution is 5.80. The first-order chi connectivity index (χ1) is 7.04. The Balaban J connectivity index is 2.44. The van der Waals surface area contributed by atoms with Crippen LogP contribution in [0.4, 0.5) is 4.79 Å². The van der Waals surface area contributed by atoms with Crippen LogP contribution in [-0.2, 0) is 4.79 Å². The number of aliphatic carboxylic acids is 1. The van der Waals surface area contributed by atoms with Crippen molar-refractivity contribution in [1.29, 1.82) is 0 Å². The van der Waals surface area contributed by atoms with E-state index in [0.29, 0.717) is 5.92 Å². The van der Waals surface area contributed by atoms with E-state index in [1.807, 2.05) is 0 Å². The van der Waals surface area contributed by atoms with E-state index in [-0.39, 0.29) is 12.6 Å². The van der Waals surface area contributed by atoms with Crippen LogP contribution in [0, 0.1) is 5.92 Å². The maximum Gasteiger partial charge on any atom is 0.323 e. The highest BCUT2D eigenvalue weighted by Gasteiger charge is 2.27. The molecule has 0 aliphatic carbocycles. The zero-order valence-electron chi connectivity index (χ0n) is 9.27. The summed E-state index contributed by atoms with van der Waals surface area (Å²) >= 11 is 0. The largest absolute Gasteiger partial charge is 0.480 e. The third-order valence-corrected chi connectivity index (χ3v) is 2.83. The molecule has 0 bridgehead atoms. The summed E-state index contributed by atoms with van der Waals surface area (Å²) < 4.78 is 0. The number of hydrogen-bond acceptors (Lipinski definition) is 2. The number of likely N-dealkylation sites (N-methyl/N-ethyl adjacent to an activating group) is 1. The van der Waals surface area contributed by atoms with Gasteiger partial charge in [0, 0.05) is 20.1 Å². The third-order valence-electron chi connectivity index (χ3n) is 2.83. The quantitative estimate of drug-likeness (QED) is 0.757. The molecule has 0 spiro atoms.